The number of methoxy groups -OCH3 is 1. The zero-order valence-corrected chi connectivity index (χ0v) is 15.9. The second-order valence-corrected chi connectivity index (χ2v) is 6.43. The summed E-state index contributed by atoms with van der Waals surface area (Å²) in [6.45, 7) is 4.00. The molecule has 144 valence electrons. The second kappa shape index (κ2) is 8.39. The van der Waals surface area contributed by atoms with Crippen LogP contribution in [-0.2, 0) is 0 Å². The Kier molecular flexibility index (Phi) is 5.74. The molecule has 0 atom stereocenters. The van der Waals surface area contributed by atoms with Gasteiger partial charge in [-0.3, -0.25) is 9.89 Å². The molecule has 3 aromatic rings. The van der Waals surface area contributed by atoms with E-state index in [9.17, 15) is 9.59 Å². The highest BCUT2D eigenvalue weighted by molar-refractivity contribution is 6.06. The average Bonchev–Trinajstić information content (AvgIpc) is 3.20. The number of aromatic amines is 1. The first kappa shape index (κ1) is 19.2. The van der Waals surface area contributed by atoms with E-state index in [-0.39, 0.29) is 17.5 Å². The standard InChI is InChI=1S/C21H21N3O4/c1-13(2)17-12-18(24-23-17)21(26)28-15-10-8-14(9-11-15)22-20(25)16-6-4-5-7-19(16)27-3/h4-13H,1-3H3,(H,22,25)(H,23,24). The van der Waals surface area contributed by atoms with Gasteiger partial charge in [0, 0.05) is 11.4 Å². The molecule has 0 aliphatic heterocycles. The van der Waals surface area contributed by atoms with E-state index in [1.165, 1.54) is 7.11 Å². The Morgan fingerprint density at radius 1 is 1.07 bits per heavy atom. The predicted octanol–water partition coefficient (Wildman–Crippen LogP) is 4.01. The summed E-state index contributed by atoms with van der Waals surface area (Å²) in [7, 11) is 1.51. The minimum atomic E-state index is -0.547. The van der Waals surface area contributed by atoms with Gasteiger partial charge in [0.1, 0.15) is 11.5 Å². The molecule has 1 amide bonds. The van der Waals surface area contributed by atoms with Crippen molar-refractivity contribution in [2.24, 2.45) is 0 Å². The van der Waals surface area contributed by atoms with Gasteiger partial charge in [-0.25, -0.2) is 4.79 Å². The molecule has 0 aliphatic carbocycles. The number of rotatable bonds is 6. The normalized spacial score (nSPS) is 10.6. The Bertz CT molecular complexity index is 977. The number of aromatic nitrogens is 2. The molecule has 28 heavy (non-hydrogen) atoms. The van der Waals surface area contributed by atoms with Gasteiger partial charge in [-0.2, -0.15) is 5.10 Å². The first-order chi connectivity index (χ1) is 13.5. The van der Waals surface area contributed by atoms with Crippen LogP contribution in [0, 0.1) is 0 Å². The van der Waals surface area contributed by atoms with Crippen LogP contribution in [0.4, 0.5) is 5.69 Å². The van der Waals surface area contributed by atoms with Gasteiger partial charge in [0.25, 0.3) is 5.91 Å². The highest BCUT2D eigenvalue weighted by Gasteiger charge is 2.15. The van der Waals surface area contributed by atoms with Crippen molar-refractivity contribution in [3.8, 4) is 11.5 Å². The molecule has 1 heterocycles. The molecule has 0 radical (unpaired) electrons. The third-order valence-corrected chi connectivity index (χ3v) is 4.10. The zero-order valence-electron chi connectivity index (χ0n) is 15.9. The smallest absolute Gasteiger partial charge is 0.364 e. The van der Waals surface area contributed by atoms with E-state index in [0.717, 1.165) is 5.69 Å². The second-order valence-electron chi connectivity index (χ2n) is 6.43. The first-order valence-corrected chi connectivity index (χ1v) is 8.80. The molecule has 2 aromatic carbocycles. The maximum atomic E-state index is 12.4. The van der Waals surface area contributed by atoms with Crippen LogP contribution in [0.3, 0.4) is 0 Å². The van der Waals surface area contributed by atoms with Gasteiger partial charge in [-0.1, -0.05) is 26.0 Å². The van der Waals surface area contributed by atoms with Crippen LogP contribution in [0.25, 0.3) is 0 Å². The minimum absolute atomic E-state index is 0.220. The molecule has 0 unspecified atom stereocenters. The summed E-state index contributed by atoms with van der Waals surface area (Å²) in [4.78, 5) is 24.6. The highest BCUT2D eigenvalue weighted by atomic mass is 16.5. The Morgan fingerprint density at radius 3 is 2.43 bits per heavy atom. The van der Waals surface area contributed by atoms with Crippen molar-refractivity contribution in [3.63, 3.8) is 0 Å². The van der Waals surface area contributed by atoms with Gasteiger partial charge >= 0.3 is 5.97 Å². The zero-order chi connectivity index (χ0) is 20.1. The minimum Gasteiger partial charge on any atom is -0.496 e. The number of nitrogens with zero attached hydrogens (tertiary/aromatic N) is 1. The topological polar surface area (TPSA) is 93.3 Å². The fraction of sp³-hybridized carbons (Fsp3) is 0.190. The van der Waals surface area contributed by atoms with Crippen LogP contribution in [-0.4, -0.2) is 29.2 Å². The first-order valence-electron chi connectivity index (χ1n) is 8.80. The fourth-order valence-corrected chi connectivity index (χ4v) is 2.53. The summed E-state index contributed by atoms with van der Waals surface area (Å²) in [6, 6.07) is 15.1. The van der Waals surface area contributed by atoms with Crippen LogP contribution in [0.1, 0.15) is 46.3 Å². The van der Waals surface area contributed by atoms with Crippen molar-refractivity contribution < 1.29 is 19.1 Å². The monoisotopic (exact) mass is 379 g/mol. The van der Waals surface area contributed by atoms with Crippen LogP contribution in [0.2, 0.25) is 0 Å². The van der Waals surface area contributed by atoms with Crippen LogP contribution in [0.5, 0.6) is 11.5 Å². The molecule has 0 saturated carbocycles. The summed E-state index contributed by atoms with van der Waals surface area (Å²) >= 11 is 0. The Morgan fingerprint density at radius 2 is 1.79 bits per heavy atom. The van der Waals surface area contributed by atoms with Crippen LogP contribution < -0.4 is 14.8 Å². The van der Waals surface area contributed by atoms with E-state index < -0.39 is 5.97 Å². The summed E-state index contributed by atoms with van der Waals surface area (Å²) in [5.74, 6) is 0.244. The SMILES string of the molecule is COc1ccccc1C(=O)Nc1ccc(OC(=O)c2cc(C(C)C)[nH]n2)cc1. The average molecular weight is 379 g/mol. The number of H-pyrrole nitrogens is 1. The number of hydrogen-bond acceptors (Lipinski definition) is 5. The summed E-state index contributed by atoms with van der Waals surface area (Å²) in [5.41, 5.74) is 2.08. The molecule has 0 saturated heterocycles. The number of carbonyl (C=O) groups excluding carboxylic acids is 2. The number of nitrogens with one attached hydrogen (secondary N) is 2. The lowest BCUT2D eigenvalue weighted by atomic mass is 10.1. The maximum Gasteiger partial charge on any atom is 0.364 e. The largest absolute Gasteiger partial charge is 0.496 e. The maximum absolute atomic E-state index is 12.4. The lowest BCUT2D eigenvalue weighted by Gasteiger charge is -2.09. The van der Waals surface area contributed by atoms with Crippen LogP contribution >= 0.6 is 0 Å². The van der Waals surface area contributed by atoms with E-state index in [1.54, 1.807) is 54.6 Å². The molecule has 1 aromatic heterocycles. The van der Waals surface area contributed by atoms with Gasteiger partial charge in [-0.15, -0.1) is 0 Å². The summed E-state index contributed by atoms with van der Waals surface area (Å²) < 4.78 is 10.5. The van der Waals surface area contributed by atoms with Crippen LogP contribution in [0.15, 0.2) is 54.6 Å². The van der Waals surface area contributed by atoms with Gasteiger partial charge < -0.3 is 14.8 Å². The third-order valence-electron chi connectivity index (χ3n) is 4.10. The Balaban J connectivity index is 1.64. The Hall–Kier alpha value is -3.61. The van der Waals surface area contributed by atoms with Crippen molar-refractivity contribution in [2.75, 3.05) is 12.4 Å². The third kappa shape index (κ3) is 4.37. The van der Waals surface area contributed by atoms with Gasteiger partial charge in [0.05, 0.1) is 12.7 Å². The molecule has 7 heteroatoms. The number of amides is 1. The van der Waals surface area contributed by atoms with Gasteiger partial charge in [-0.05, 0) is 48.4 Å². The number of carbonyl (C=O) groups is 2. The van der Waals surface area contributed by atoms with Crippen molar-refractivity contribution in [1.82, 2.24) is 10.2 Å². The number of para-hydroxylation sites is 1. The number of hydrogen-bond donors (Lipinski definition) is 2. The molecule has 2 N–H and O–H groups in total. The Labute approximate surface area is 162 Å². The van der Waals surface area contributed by atoms with E-state index in [1.807, 2.05) is 13.8 Å². The molecule has 0 bridgehead atoms. The van der Waals surface area contributed by atoms with Gasteiger partial charge in [0.2, 0.25) is 0 Å². The number of esters is 1. The van der Waals surface area contributed by atoms with Crippen molar-refractivity contribution >= 4 is 17.6 Å². The molecular formula is C21H21N3O4. The lowest BCUT2D eigenvalue weighted by Crippen LogP contribution is -2.13. The predicted molar refractivity (Wildman–Crippen MR) is 105 cm³/mol. The van der Waals surface area contributed by atoms with Gasteiger partial charge in [0.15, 0.2) is 5.69 Å². The number of benzene rings is 2. The highest BCUT2D eigenvalue weighted by Crippen LogP contribution is 2.21. The van der Waals surface area contributed by atoms with Crippen molar-refractivity contribution in [2.45, 2.75) is 19.8 Å². The molecule has 3 rings (SSSR count). The molecule has 0 fully saturated rings. The fourth-order valence-electron chi connectivity index (χ4n) is 2.53. The summed E-state index contributed by atoms with van der Waals surface area (Å²) in [6.07, 6.45) is 0. The van der Waals surface area contributed by atoms with E-state index >= 15 is 0 Å². The van der Waals surface area contributed by atoms with E-state index in [2.05, 4.69) is 15.5 Å². The van der Waals surface area contributed by atoms with E-state index in [4.69, 9.17) is 9.47 Å². The van der Waals surface area contributed by atoms with Crippen molar-refractivity contribution in [3.05, 3.63) is 71.5 Å². The molecule has 7 nitrogen and oxygen atoms in total. The molecule has 0 aliphatic rings. The molecular weight excluding hydrogens is 358 g/mol. The number of ether oxygens (including phenoxy) is 2. The lowest BCUT2D eigenvalue weighted by molar-refractivity contribution is 0.0728. The van der Waals surface area contributed by atoms with Crippen molar-refractivity contribution in [1.29, 1.82) is 0 Å². The number of anilines is 1. The van der Waals surface area contributed by atoms with E-state index in [0.29, 0.717) is 22.7 Å². The molecule has 0 spiro atoms. The quantitative estimate of drug-likeness (QED) is 0.498. The summed E-state index contributed by atoms with van der Waals surface area (Å²) in [5, 5.41) is 9.58.